The summed E-state index contributed by atoms with van der Waals surface area (Å²) in [7, 11) is -1.99. The summed E-state index contributed by atoms with van der Waals surface area (Å²) in [5.74, 6) is -2.67. The van der Waals surface area contributed by atoms with Gasteiger partial charge in [0, 0.05) is 69.8 Å². The fourth-order valence-electron chi connectivity index (χ4n) is 5.23. The van der Waals surface area contributed by atoms with Gasteiger partial charge in [-0.05, 0) is 31.7 Å². The molecular formula is C24H32F2N4O3S. The summed E-state index contributed by atoms with van der Waals surface area (Å²) in [6, 6.07) is 7.42. The van der Waals surface area contributed by atoms with Crippen LogP contribution in [0.1, 0.15) is 54.4 Å². The third kappa shape index (κ3) is 5.08. The molecule has 0 N–H and O–H groups in total. The molecule has 1 saturated carbocycles. The van der Waals surface area contributed by atoms with Gasteiger partial charge in [0.15, 0.2) is 10.8 Å². The number of carbonyl (C=O) groups is 1. The number of sulfonamides is 1. The zero-order chi connectivity index (χ0) is 24.6. The molecule has 1 aromatic heterocycles. The van der Waals surface area contributed by atoms with Crippen molar-refractivity contribution >= 4 is 15.8 Å². The molecule has 0 amide bonds. The van der Waals surface area contributed by atoms with E-state index in [0.29, 0.717) is 37.9 Å². The van der Waals surface area contributed by atoms with Crippen LogP contribution in [0, 0.1) is 6.92 Å². The van der Waals surface area contributed by atoms with E-state index in [9.17, 15) is 22.0 Å². The van der Waals surface area contributed by atoms with Crippen LogP contribution in [-0.2, 0) is 17.1 Å². The lowest BCUT2D eigenvalue weighted by atomic mass is 9.74. The van der Waals surface area contributed by atoms with Crippen LogP contribution in [0.4, 0.5) is 8.78 Å². The third-order valence-electron chi connectivity index (χ3n) is 7.37. The molecule has 2 aliphatic rings. The smallest absolute Gasteiger partial charge is 0.262 e. The van der Waals surface area contributed by atoms with Gasteiger partial charge < -0.3 is 4.57 Å². The van der Waals surface area contributed by atoms with E-state index >= 15 is 0 Å². The SMILES string of the molecule is Cc1ccccc1C(=O)CCC1(N2CCN(S(=O)(=O)c3cn(C)cn3)CC2)CCC(F)(F)CC1. The molecule has 10 heteroatoms. The molecule has 0 spiro atoms. The molecule has 2 fully saturated rings. The highest BCUT2D eigenvalue weighted by Gasteiger charge is 2.47. The highest BCUT2D eigenvalue weighted by Crippen LogP contribution is 2.44. The first kappa shape index (κ1) is 24.9. The summed E-state index contributed by atoms with van der Waals surface area (Å²) in [5.41, 5.74) is 1.05. The maximum Gasteiger partial charge on any atom is 0.262 e. The molecule has 0 atom stereocenters. The van der Waals surface area contributed by atoms with Crippen molar-refractivity contribution in [1.82, 2.24) is 18.8 Å². The number of carbonyl (C=O) groups excluding carboxylic acids is 1. The molecule has 2 heterocycles. The van der Waals surface area contributed by atoms with Crippen molar-refractivity contribution in [2.24, 2.45) is 7.05 Å². The Kier molecular flexibility index (Phi) is 6.94. The summed E-state index contributed by atoms with van der Waals surface area (Å²) in [4.78, 5) is 19.1. The first-order valence-electron chi connectivity index (χ1n) is 11.7. The number of Topliss-reactive ketones (excluding diaryl/α,β-unsaturated/α-hetero) is 1. The van der Waals surface area contributed by atoms with E-state index in [1.807, 2.05) is 25.1 Å². The Balaban J connectivity index is 1.47. The van der Waals surface area contributed by atoms with Gasteiger partial charge in [-0.1, -0.05) is 24.3 Å². The van der Waals surface area contributed by atoms with Crippen molar-refractivity contribution in [3.05, 3.63) is 47.9 Å². The van der Waals surface area contributed by atoms with Crippen molar-refractivity contribution in [1.29, 1.82) is 0 Å². The number of alkyl halides is 2. The van der Waals surface area contributed by atoms with E-state index in [4.69, 9.17) is 0 Å². The van der Waals surface area contributed by atoms with Gasteiger partial charge in [-0.15, -0.1) is 0 Å². The lowest BCUT2D eigenvalue weighted by Gasteiger charge is -2.50. The first-order valence-corrected chi connectivity index (χ1v) is 13.2. The van der Waals surface area contributed by atoms with Crippen LogP contribution in [0.3, 0.4) is 0 Å². The molecule has 0 bridgehead atoms. The van der Waals surface area contributed by atoms with Crippen molar-refractivity contribution in [3.8, 4) is 0 Å². The number of benzene rings is 1. The first-order chi connectivity index (χ1) is 16.0. The highest BCUT2D eigenvalue weighted by molar-refractivity contribution is 7.89. The molecule has 0 unspecified atom stereocenters. The van der Waals surface area contributed by atoms with Crippen molar-refractivity contribution in [2.75, 3.05) is 26.2 Å². The Hall–Kier alpha value is -2.17. The lowest BCUT2D eigenvalue weighted by Crippen LogP contribution is -2.59. The van der Waals surface area contributed by atoms with Crippen LogP contribution >= 0.6 is 0 Å². The fraction of sp³-hybridized carbons (Fsp3) is 0.583. The van der Waals surface area contributed by atoms with Crippen LogP contribution in [-0.4, -0.2) is 70.6 Å². The molecule has 0 radical (unpaired) electrons. The van der Waals surface area contributed by atoms with Gasteiger partial charge in [-0.25, -0.2) is 22.2 Å². The normalized spacial score (nSPS) is 21.4. The minimum Gasteiger partial charge on any atom is -0.339 e. The topological polar surface area (TPSA) is 75.5 Å². The number of halogens is 2. The van der Waals surface area contributed by atoms with Gasteiger partial charge in [0.1, 0.15) is 0 Å². The summed E-state index contributed by atoms with van der Waals surface area (Å²) in [6.07, 6.45) is 3.87. The van der Waals surface area contributed by atoms with Crippen molar-refractivity contribution in [2.45, 2.75) is 61.9 Å². The number of ketones is 1. The Labute approximate surface area is 199 Å². The van der Waals surface area contributed by atoms with E-state index in [1.54, 1.807) is 17.7 Å². The van der Waals surface area contributed by atoms with E-state index < -0.39 is 21.5 Å². The summed E-state index contributed by atoms with van der Waals surface area (Å²) >= 11 is 0. The molecular weight excluding hydrogens is 462 g/mol. The van der Waals surface area contributed by atoms with Gasteiger partial charge in [-0.2, -0.15) is 4.31 Å². The molecule has 1 saturated heterocycles. The van der Waals surface area contributed by atoms with E-state index in [0.717, 1.165) is 5.56 Å². The quantitative estimate of drug-likeness (QED) is 0.550. The molecule has 1 aliphatic heterocycles. The summed E-state index contributed by atoms with van der Waals surface area (Å²) in [5, 5.41) is 0.0132. The molecule has 4 rings (SSSR count). The van der Waals surface area contributed by atoms with Crippen LogP contribution in [0.2, 0.25) is 0 Å². The number of imidazole rings is 1. The van der Waals surface area contributed by atoms with Gasteiger partial charge >= 0.3 is 0 Å². The standard InChI is InChI=1S/C24H32F2N4O3S/c1-19-5-3-4-6-20(19)21(31)7-8-23(9-11-24(25,26)12-10-23)29-13-15-30(16-14-29)34(32,33)22-17-28(2)18-27-22/h3-6,17-18H,7-16H2,1-2H3. The number of rotatable bonds is 7. The fourth-order valence-corrected chi connectivity index (χ4v) is 6.62. The zero-order valence-electron chi connectivity index (χ0n) is 19.7. The largest absolute Gasteiger partial charge is 0.339 e. The van der Waals surface area contributed by atoms with Crippen LogP contribution in [0.15, 0.2) is 41.8 Å². The number of piperazine rings is 1. The maximum atomic E-state index is 14.1. The van der Waals surface area contributed by atoms with Crippen molar-refractivity contribution in [3.63, 3.8) is 0 Å². The predicted molar refractivity (Wildman–Crippen MR) is 124 cm³/mol. The number of aromatic nitrogens is 2. The number of hydrogen-bond donors (Lipinski definition) is 0. The van der Waals surface area contributed by atoms with Crippen LogP contribution in [0.5, 0.6) is 0 Å². The third-order valence-corrected chi connectivity index (χ3v) is 9.15. The van der Waals surface area contributed by atoms with Gasteiger partial charge in [0.25, 0.3) is 10.0 Å². The molecule has 7 nitrogen and oxygen atoms in total. The monoisotopic (exact) mass is 494 g/mol. The molecule has 1 aromatic carbocycles. The number of aryl methyl sites for hydroxylation is 2. The van der Waals surface area contributed by atoms with E-state index in [1.165, 1.54) is 16.8 Å². The molecule has 1 aliphatic carbocycles. The summed E-state index contributed by atoms with van der Waals surface area (Å²) in [6.45, 7) is 3.31. The molecule has 2 aromatic rings. The average molecular weight is 495 g/mol. The second kappa shape index (κ2) is 9.47. The lowest BCUT2D eigenvalue weighted by molar-refractivity contribution is -0.0891. The average Bonchev–Trinajstić information content (AvgIpc) is 3.26. The van der Waals surface area contributed by atoms with Crippen LogP contribution in [0.25, 0.3) is 0 Å². The van der Waals surface area contributed by atoms with E-state index in [-0.39, 0.29) is 43.2 Å². The number of hydrogen-bond acceptors (Lipinski definition) is 5. The van der Waals surface area contributed by atoms with Gasteiger partial charge in [0.2, 0.25) is 5.92 Å². The second-order valence-electron chi connectivity index (χ2n) is 9.59. The van der Waals surface area contributed by atoms with E-state index in [2.05, 4.69) is 9.88 Å². The Morgan fingerprint density at radius 1 is 1.06 bits per heavy atom. The highest BCUT2D eigenvalue weighted by atomic mass is 32.2. The Morgan fingerprint density at radius 3 is 2.29 bits per heavy atom. The van der Waals surface area contributed by atoms with Crippen molar-refractivity contribution < 1.29 is 22.0 Å². The van der Waals surface area contributed by atoms with Gasteiger partial charge in [0.05, 0.1) is 6.33 Å². The molecule has 186 valence electrons. The predicted octanol–water partition coefficient (Wildman–Crippen LogP) is 3.65. The molecule has 34 heavy (non-hydrogen) atoms. The Bertz CT molecular complexity index is 1130. The maximum absolute atomic E-state index is 14.1. The van der Waals surface area contributed by atoms with Crippen LogP contribution < -0.4 is 0 Å². The second-order valence-corrected chi connectivity index (χ2v) is 11.5. The van der Waals surface area contributed by atoms with Gasteiger partial charge in [-0.3, -0.25) is 9.69 Å². The summed E-state index contributed by atoms with van der Waals surface area (Å²) < 4.78 is 57.0. The zero-order valence-corrected chi connectivity index (χ0v) is 20.5. The Morgan fingerprint density at radius 2 is 1.71 bits per heavy atom. The number of nitrogens with zero attached hydrogens (tertiary/aromatic N) is 4. The minimum absolute atomic E-state index is 0.0132. The minimum atomic E-state index is -3.70.